The Balaban J connectivity index is 2.12. The third-order valence-electron chi connectivity index (χ3n) is 4.01. The Labute approximate surface area is 130 Å². The van der Waals surface area contributed by atoms with Gasteiger partial charge in [-0.15, -0.1) is 0 Å². The van der Waals surface area contributed by atoms with Gasteiger partial charge in [0, 0.05) is 28.9 Å². The SMILES string of the molecule is O=S(=O)(c1ccc(Cl)c2ccccc12)N1CCCCCC1. The standard InChI is InChI=1S/C16H18ClNO2S/c17-15-9-10-16(14-8-4-3-7-13(14)15)21(19,20)18-11-5-1-2-6-12-18/h3-4,7-10H,1-2,5-6,11-12H2. The number of rotatable bonds is 2. The molecule has 0 spiro atoms. The van der Waals surface area contributed by atoms with Crippen molar-refractivity contribution in [2.24, 2.45) is 0 Å². The Kier molecular flexibility index (Phi) is 4.20. The summed E-state index contributed by atoms with van der Waals surface area (Å²) in [6.07, 6.45) is 4.08. The first-order valence-electron chi connectivity index (χ1n) is 7.28. The van der Waals surface area contributed by atoms with Crippen molar-refractivity contribution in [2.45, 2.75) is 30.6 Å². The van der Waals surface area contributed by atoms with Crippen molar-refractivity contribution in [2.75, 3.05) is 13.1 Å². The van der Waals surface area contributed by atoms with E-state index in [1.165, 1.54) is 0 Å². The summed E-state index contributed by atoms with van der Waals surface area (Å²) in [6, 6.07) is 10.7. The number of hydrogen-bond acceptors (Lipinski definition) is 2. The third-order valence-corrected chi connectivity index (χ3v) is 6.30. The van der Waals surface area contributed by atoms with Crippen molar-refractivity contribution in [3.63, 3.8) is 0 Å². The number of benzene rings is 2. The van der Waals surface area contributed by atoms with Gasteiger partial charge in [-0.2, -0.15) is 4.31 Å². The van der Waals surface area contributed by atoms with Crippen molar-refractivity contribution >= 4 is 32.4 Å². The Morgan fingerprint density at radius 2 is 1.48 bits per heavy atom. The zero-order chi connectivity index (χ0) is 14.9. The number of hydrogen-bond donors (Lipinski definition) is 0. The maximum atomic E-state index is 12.9. The van der Waals surface area contributed by atoms with Crippen LogP contribution >= 0.6 is 11.6 Å². The van der Waals surface area contributed by atoms with Gasteiger partial charge in [-0.1, -0.05) is 48.7 Å². The average Bonchev–Trinajstić information content (AvgIpc) is 2.77. The molecule has 112 valence electrons. The van der Waals surface area contributed by atoms with Crippen LogP contribution in [0.25, 0.3) is 10.8 Å². The maximum absolute atomic E-state index is 12.9. The molecule has 0 atom stereocenters. The highest BCUT2D eigenvalue weighted by Gasteiger charge is 2.27. The summed E-state index contributed by atoms with van der Waals surface area (Å²) in [7, 11) is -3.45. The van der Waals surface area contributed by atoms with E-state index in [1.54, 1.807) is 16.4 Å². The highest BCUT2D eigenvalue weighted by molar-refractivity contribution is 7.89. The van der Waals surface area contributed by atoms with Crippen LogP contribution in [0.1, 0.15) is 25.7 Å². The van der Waals surface area contributed by atoms with Crippen molar-refractivity contribution in [3.8, 4) is 0 Å². The minimum Gasteiger partial charge on any atom is -0.207 e. The molecule has 0 bridgehead atoms. The fraction of sp³-hybridized carbons (Fsp3) is 0.375. The lowest BCUT2D eigenvalue weighted by Gasteiger charge is -2.21. The van der Waals surface area contributed by atoms with Crippen LogP contribution in [0.2, 0.25) is 5.02 Å². The lowest BCUT2D eigenvalue weighted by atomic mass is 10.1. The molecule has 0 aliphatic carbocycles. The van der Waals surface area contributed by atoms with Gasteiger partial charge in [0.25, 0.3) is 0 Å². The van der Waals surface area contributed by atoms with Crippen molar-refractivity contribution in [3.05, 3.63) is 41.4 Å². The predicted octanol–water partition coefficient (Wildman–Crippen LogP) is 4.06. The van der Waals surface area contributed by atoms with Crippen molar-refractivity contribution in [1.29, 1.82) is 0 Å². The molecular weight excluding hydrogens is 306 g/mol. The van der Waals surface area contributed by atoms with Gasteiger partial charge in [-0.25, -0.2) is 8.42 Å². The van der Waals surface area contributed by atoms with Crippen LogP contribution in [-0.2, 0) is 10.0 Å². The molecule has 1 saturated heterocycles. The first-order valence-corrected chi connectivity index (χ1v) is 9.10. The van der Waals surface area contributed by atoms with E-state index in [1.807, 2.05) is 24.3 Å². The molecule has 0 unspecified atom stereocenters. The number of nitrogens with zero attached hydrogens (tertiary/aromatic N) is 1. The van der Waals surface area contributed by atoms with Gasteiger partial charge in [0.05, 0.1) is 4.90 Å². The molecule has 0 saturated carbocycles. The molecule has 0 radical (unpaired) electrons. The second kappa shape index (κ2) is 5.95. The summed E-state index contributed by atoms with van der Waals surface area (Å²) in [5.74, 6) is 0. The zero-order valence-corrected chi connectivity index (χ0v) is 13.3. The fourth-order valence-corrected chi connectivity index (χ4v) is 4.82. The predicted molar refractivity (Wildman–Crippen MR) is 86.2 cm³/mol. The fourth-order valence-electron chi connectivity index (χ4n) is 2.88. The number of sulfonamides is 1. The molecule has 1 fully saturated rings. The Morgan fingerprint density at radius 3 is 2.14 bits per heavy atom. The molecule has 5 heteroatoms. The van der Waals surface area contributed by atoms with Gasteiger partial charge in [-0.3, -0.25) is 0 Å². The van der Waals surface area contributed by atoms with Gasteiger partial charge in [0.2, 0.25) is 10.0 Å². The maximum Gasteiger partial charge on any atom is 0.243 e. The number of halogens is 1. The molecular formula is C16H18ClNO2S. The van der Waals surface area contributed by atoms with E-state index >= 15 is 0 Å². The number of fused-ring (bicyclic) bond motifs is 1. The molecule has 0 aromatic heterocycles. The van der Waals surface area contributed by atoms with Gasteiger partial charge >= 0.3 is 0 Å². The van der Waals surface area contributed by atoms with E-state index in [2.05, 4.69) is 0 Å². The molecule has 1 aliphatic rings. The van der Waals surface area contributed by atoms with Crippen molar-refractivity contribution in [1.82, 2.24) is 4.31 Å². The van der Waals surface area contributed by atoms with Crippen LogP contribution in [0.5, 0.6) is 0 Å². The minimum atomic E-state index is -3.45. The second-order valence-electron chi connectivity index (χ2n) is 5.41. The van der Waals surface area contributed by atoms with E-state index in [0.717, 1.165) is 31.1 Å². The molecule has 3 nitrogen and oxygen atoms in total. The largest absolute Gasteiger partial charge is 0.243 e. The van der Waals surface area contributed by atoms with E-state index in [-0.39, 0.29) is 0 Å². The van der Waals surface area contributed by atoms with E-state index < -0.39 is 10.0 Å². The van der Waals surface area contributed by atoms with Gasteiger partial charge in [0.15, 0.2) is 0 Å². The summed E-state index contributed by atoms with van der Waals surface area (Å²) in [5.41, 5.74) is 0. The first-order chi connectivity index (χ1) is 10.1. The van der Waals surface area contributed by atoms with Gasteiger partial charge < -0.3 is 0 Å². The van der Waals surface area contributed by atoms with Crippen LogP contribution in [-0.4, -0.2) is 25.8 Å². The van der Waals surface area contributed by atoms with Crippen LogP contribution in [0.4, 0.5) is 0 Å². The van der Waals surface area contributed by atoms with Crippen LogP contribution < -0.4 is 0 Å². The monoisotopic (exact) mass is 323 g/mol. The van der Waals surface area contributed by atoms with Crippen LogP contribution in [0.3, 0.4) is 0 Å². The highest BCUT2D eigenvalue weighted by Crippen LogP contribution is 2.31. The summed E-state index contributed by atoms with van der Waals surface area (Å²) < 4.78 is 27.5. The summed E-state index contributed by atoms with van der Waals surface area (Å²) in [5, 5.41) is 2.07. The van der Waals surface area contributed by atoms with Crippen LogP contribution in [0, 0.1) is 0 Å². The molecule has 0 amide bonds. The molecule has 3 rings (SSSR count). The first kappa shape index (κ1) is 14.8. The molecule has 2 aromatic carbocycles. The summed E-state index contributed by atoms with van der Waals surface area (Å²) >= 11 is 6.18. The third kappa shape index (κ3) is 2.80. The molecule has 1 aliphatic heterocycles. The average molecular weight is 324 g/mol. The van der Waals surface area contributed by atoms with Crippen molar-refractivity contribution < 1.29 is 8.42 Å². The second-order valence-corrected chi connectivity index (χ2v) is 7.72. The van der Waals surface area contributed by atoms with E-state index in [4.69, 9.17) is 11.6 Å². The lowest BCUT2D eigenvalue weighted by Crippen LogP contribution is -2.32. The van der Waals surface area contributed by atoms with Crippen LogP contribution in [0.15, 0.2) is 41.3 Å². The smallest absolute Gasteiger partial charge is 0.207 e. The molecule has 0 N–H and O–H groups in total. The summed E-state index contributed by atoms with van der Waals surface area (Å²) in [4.78, 5) is 0.365. The van der Waals surface area contributed by atoms with E-state index in [9.17, 15) is 8.42 Å². The Morgan fingerprint density at radius 1 is 0.857 bits per heavy atom. The molecule has 21 heavy (non-hydrogen) atoms. The topological polar surface area (TPSA) is 37.4 Å². The van der Waals surface area contributed by atoms with Gasteiger partial charge in [-0.05, 0) is 25.0 Å². The normalized spacial score (nSPS) is 17.8. The highest BCUT2D eigenvalue weighted by atomic mass is 35.5. The summed E-state index contributed by atoms with van der Waals surface area (Å²) in [6.45, 7) is 1.22. The Bertz CT molecular complexity index is 750. The molecule has 1 heterocycles. The Hall–Kier alpha value is -1.10. The lowest BCUT2D eigenvalue weighted by molar-refractivity contribution is 0.424. The van der Waals surface area contributed by atoms with E-state index in [0.29, 0.717) is 28.4 Å². The zero-order valence-electron chi connectivity index (χ0n) is 11.8. The molecule has 2 aromatic rings. The van der Waals surface area contributed by atoms with Gasteiger partial charge in [0.1, 0.15) is 0 Å². The minimum absolute atomic E-state index is 0.365. The quantitative estimate of drug-likeness (QED) is 0.835.